The molecule has 2 aliphatic carbocycles. The van der Waals surface area contributed by atoms with Gasteiger partial charge in [0.25, 0.3) is 0 Å². The molecule has 0 N–H and O–H groups in total. The van der Waals surface area contributed by atoms with Crippen molar-refractivity contribution in [2.75, 3.05) is 0 Å². The summed E-state index contributed by atoms with van der Waals surface area (Å²) in [4.78, 5) is 0. The van der Waals surface area contributed by atoms with Crippen molar-refractivity contribution < 1.29 is 0 Å². The summed E-state index contributed by atoms with van der Waals surface area (Å²) < 4.78 is 0. The molecule has 0 atom stereocenters. The van der Waals surface area contributed by atoms with Crippen LogP contribution in [0, 0.1) is 0 Å². The normalized spacial score (nSPS) is 14.4. The third-order valence-corrected chi connectivity index (χ3v) is 13.1. The second kappa shape index (κ2) is 12.0. The van der Waals surface area contributed by atoms with Crippen LogP contribution in [0.3, 0.4) is 0 Å². The third kappa shape index (κ3) is 4.72. The first-order chi connectivity index (χ1) is 27.3. The molecule has 9 aromatic rings. The lowest BCUT2D eigenvalue weighted by Gasteiger charge is -2.24. The minimum Gasteiger partial charge on any atom is -0.0622 e. The van der Waals surface area contributed by atoms with E-state index in [9.17, 15) is 0 Å². The third-order valence-electron chi connectivity index (χ3n) is 13.1. The van der Waals surface area contributed by atoms with Gasteiger partial charge in [0.1, 0.15) is 0 Å². The smallest absolute Gasteiger partial charge is 0.0159 e. The van der Waals surface area contributed by atoms with Crippen molar-refractivity contribution in [2.24, 2.45) is 0 Å². The van der Waals surface area contributed by atoms with Gasteiger partial charge < -0.3 is 0 Å². The van der Waals surface area contributed by atoms with Crippen molar-refractivity contribution in [2.45, 2.75) is 38.5 Å². The first-order valence-electron chi connectivity index (χ1n) is 19.9. The minimum atomic E-state index is -0.104. The lowest BCUT2D eigenvalue weighted by Crippen LogP contribution is -2.15. The molecule has 0 heterocycles. The van der Waals surface area contributed by atoms with Gasteiger partial charge in [0, 0.05) is 10.8 Å². The quantitative estimate of drug-likeness (QED) is 0.159. The molecule has 11 rings (SSSR count). The van der Waals surface area contributed by atoms with E-state index in [1.807, 2.05) is 0 Å². The van der Waals surface area contributed by atoms with Crippen LogP contribution in [0.2, 0.25) is 0 Å². The summed E-state index contributed by atoms with van der Waals surface area (Å²) in [5.41, 5.74) is 20.8. The highest BCUT2D eigenvalue weighted by Crippen LogP contribution is 2.54. The fourth-order valence-corrected chi connectivity index (χ4v) is 10.2. The lowest BCUT2D eigenvalue weighted by atomic mass is 9.79. The van der Waals surface area contributed by atoms with Crippen molar-refractivity contribution in [1.29, 1.82) is 0 Å². The second-order valence-electron chi connectivity index (χ2n) is 16.9. The van der Waals surface area contributed by atoms with E-state index in [4.69, 9.17) is 0 Å². The Hall–Kier alpha value is -6.50. The molecule has 0 radical (unpaired) electrons. The predicted molar refractivity (Wildman–Crippen MR) is 238 cm³/mol. The molecule has 0 amide bonds. The molecular formula is C56H42. The second-order valence-corrected chi connectivity index (χ2v) is 16.9. The Morgan fingerprint density at radius 3 is 1.05 bits per heavy atom. The molecule has 0 saturated carbocycles. The van der Waals surface area contributed by atoms with Crippen molar-refractivity contribution in [1.82, 2.24) is 0 Å². The minimum absolute atomic E-state index is 0.0940. The van der Waals surface area contributed by atoms with Crippen molar-refractivity contribution in [3.63, 3.8) is 0 Å². The maximum Gasteiger partial charge on any atom is 0.0159 e. The molecule has 2 aliphatic rings. The highest BCUT2D eigenvalue weighted by atomic mass is 14.4. The van der Waals surface area contributed by atoms with Gasteiger partial charge in [-0.25, -0.2) is 0 Å². The average Bonchev–Trinajstić information content (AvgIpc) is 3.62. The summed E-state index contributed by atoms with van der Waals surface area (Å²) in [6, 6.07) is 68.4. The average molecular weight is 715 g/mol. The summed E-state index contributed by atoms with van der Waals surface area (Å²) in [7, 11) is 0. The molecular weight excluding hydrogens is 673 g/mol. The predicted octanol–water partition coefficient (Wildman–Crippen LogP) is 15.3. The van der Waals surface area contributed by atoms with E-state index in [1.54, 1.807) is 0 Å². The standard InChI is InChI=1S/C56H42/c1-55(2)49-21-13-11-19-41(49)43-27-25-39(33-51(43)55)53-45-29-23-37(35-15-7-5-8-16-35)31-47(45)54(48-32-38(24-30-46(48)53)36-17-9-6-10-18-36)40-26-28-44-42-20-12-14-22-50(42)56(3,4)52(44)34-40/h5-34H,1-4H3. The van der Waals surface area contributed by atoms with Gasteiger partial charge in [0.05, 0.1) is 0 Å². The van der Waals surface area contributed by atoms with Crippen LogP contribution in [-0.2, 0) is 10.8 Å². The van der Waals surface area contributed by atoms with Gasteiger partial charge in [-0.1, -0.05) is 185 Å². The van der Waals surface area contributed by atoms with Crippen LogP contribution in [-0.4, -0.2) is 0 Å². The monoisotopic (exact) mass is 714 g/mol. The van der Waals surface area contributed by atoms with Gasteiger partial charge in [0.15, 0.2) is 0 Å². The molecule has 0 heteroatoms. The maximum absolute atomic E-state index is 2.50. The zero-order chi connectivity index (χ0) is 37.8. The first kappa shape index (κ1) is 32.9. The Kier molecular flexibility index (Phi) is 7.05. The molecule has 0 aliphatic heterocycles. The van der Waals surface area contributed by atoms with Crippen LogP contribution in [0.1, 0.15) is 49.9 Å². The van der Waals surface area contributed by atoms with E-state index in [0.29, 0.717) is 0 Å². The molecule has 0 aromatic heterocycles. The van der Waals surface area contributed by atoms with Gasteiger partial charge in [-0.15, -0.1) is 0 Å². The van der Waals surface area contributed by atoms with Crippen LogP contribution in [0.5, 0.6) is 0 Å². The van der Waals surface area contributed by atoms with Crippen LogP contribution < -0.4 is 0 Å². The number of benzene rings is 9. The summed E-state index contributed by atoms with van der Waals surface area (Å²) in [6.45, 7) is 9.53. The number of hydrogen-bond donors (Lipinski definition) is 0. The van der Waals surface area contributed by atoms with E-state index in [0.717, 1.165) is 0 Å². The maximum atomic E-state index is 2.50. The Bertz CT molecular complexity index is 2950. The van der Waals surface area contributed by atoms with Gasteiger partial charge >= 0.3 is 0 Å². The van der Waals surface area contributed by atoms with E-state index in [1.165, 1.54) is 111 Å². The zero-order valence-electron chi connectivity index (χ0n) is 32.3. The fourth-order valence-electron chi connectivity index (χ4n) is 10.2. The molecule has 0 fully saturated rings. The molecule has 0 unspecified atom stereocenters. The van der Waals surface area contributed by atoms with Crippen LogP contribution in [0.4, 0.5) is 0 Å². The summed E-state index contributed by atoms with van der Waals surface area (Å²) in [6.07, 6.45) is 0. The Morgan fingerprint density at radius 2 is 0.607 bits per heavy atom. The number of fused-ring (bicyclic) bond motifs is 8. The molecule has 0 spiro atoms. The molecule has 0 saturated heterocycles. The highest BCUT2D eigenvalue weighted by Gasteiger charge is 2.37. The van der Waals surface area contributed by atoms with E-state index < -0.39 is 0 Å². The molecule has 266 valence electrons. The van der Waals surface area contributed by atoms with Crippen LogP contribution in [0.25, 0.3) is 88.3 Å². The number of rotatable bonds is 4. The van der Waals surface area contributed by atoms with Crippen LogP contribution >= 0.6 is 0 Å². The zero-order valence-corrected chi connectivity index (χ0v) is 32.3. The van der Waals surface area contributed by atoms with Crippen LogP contribution in [0.15, 0.2) is 182 Å². The van der Waals surface area contributed by atoms with Gasteiger partial charge in [0.2, 0.25) is 0 Å². The number of hydrogen-bond acceptors (Lipinski definition) is 0. The van der Waals surface area contributed by atoms with E-state index in [2.05, 4.69) is 210 Å². The van der Waals surface area contributed by atoms with Gasteiger partial charge in [-0.2, -0.15) is 0 Å². The van der Waals surface area contributed by atoms with Gasteiger partial charge in [-0.05, 0) is 135 Å². The van der Waals surface area contributed by atoms with Crippen molar-refractivity contribution in [3.8, 4) is 66.8 Å². The van der Waals surface area contributed by atoms with E-state index >= 15 is 0 Å². The highest BCUT2D eigenvalue weighted by molar-refractivity contribution is 6.22. The van der Waals surface area contributed by atoms with Crippen molar-refractivity contribution >= 4 is 21.5 Å². The lowest BCUT2D eigenvalue weighted by molar-refractivity contribution is 0.660. The summed E-state index contributed by atoms with van der Waals surface area (Å²) in [5, 5.41) is 5.10. The molecule has 9 aromatic carbocycles. The summed E-state index contributed by atoms with van der Waals surface area (Å²) >= 11 is 0. The largest absolute Gasteiger partial charge is 0.0622 e. The van der Waals surface area contributed by atoms with E-state index in [-0.39, 0.29) is 10.8 Å². The topological polar surface area (TPSA) is 0 Å². The Labute approximate surface area is 329 Å². The SMILES string of the molecule is CC1(C)c2ccccc2-c2ccc(-c3c4ccc(-c5ccccc5)cc4c(-c4ccc5c(c4)C(C)(C)c4ccccc4-5)c4cc(-c5ccccc5)ccc34)cc21. The first-order valence-corrected chi connectivity index (χ1v) is 19.9. The molecule has 0 bridgehead atoms. The Balaban J connectivity index is 1.25. The van der Waals surface area contributed by atoms with Crippen molar-refractivity contribution in [3.05, 3.63) is 204 Å². The van der Waals surface area contributed by atoms with Gasteiger partial charge in [-0.3, -0.25) is 0 Å². The Morgan fingerprint density at radius 1 is 0.250 bits per heavy atom. The molecule has 56 heavy (non-hydrogen) atoms. The summed E-state index contributed by atoms with van der Waals surface area (Å²) in [5.74, 6) is 0. The fraction of sp³-hybridized carbons (Fsp3) is 0.107. The molecule has 0 nitrogen and oxygen atoms in total.